The monoisotopic (exact) mass is 356 g/mol. The molecule has 0 aromatic heterocycles. The molecule has 118 valence electrons. The van der Waals surface area contributed by atoms with E-state index < -0.39 is 15.1 Å². The van der Waals surface area contributed by atoms with Gasteiger partial charge < -0.3 is 0 Å². The molecule has 0 saturated heterocycles. The van der Waals surface area contributed by atoms with E-state index in [4.69, 9.17) is 23.2 Å². The van der Waals surface area contributed by atoms with Crippen LogP contribution < -0.4 is 0 Å². The first kappa shape index (κ1) is 17.3. The van der Waals surface area contributed by atoms with Crippen LogP contribution in [-0.4, -0.2) is 14.2 Å². The third-order valence-corrected chi connectivity index (χ3v) is 6.20. The molecule has 0 aliphatic heterocycles. The third-order valence-electron chi connectivity index (χ3n) is 3.50. The molecule has 0 N–H and O–H groups in total. The average molecular weight is 357 g/mol. The molecule has 22 heavy (non-hydrogen) atoms. The number of halogens is 2. The van der Waals surface area contributed by atoms with E-state index in [-0.39, 0.29) is 5.75 Å². The fourth-order valence-electron chi connectivity index (χ4n) is 2.37. The van der Waals surface area contributed by atoms with Crippen molar-refractivity contribution >= 4 is 33.0 Å². The zero-order valence-electron chi connectivity index (χ0n) is 12.3. The van der Waals surface area contributed by atoms with Crippen molar-refractivity contribution in [1.29, 1.82) is 0 Å². The van der Waals surface area contributed by atoms with Crippen LogP contribution in [0.4, 0.5) is 0 Å². The standard InChI is InChI=1S/C17H18Cl2O2S/c1-2-3-12-22(20,21)17(13-8-10-14(18)11-9-13)15-6-4-5-7-16(15)19/h4-11,17H,2-3,12H2,1H3. The molecule has 0 saturated carbocycles. The number of benzene rings is 2. The van der Waals surface area contributed by atoms with E-state index in [2.05, 4.69) is 0 Å². The Morgan fingerprint density at radius 1 is 1.00 bits per heavy atom. The van der Waals surface area contributed by atoms with E-state index in [0.717, 1.165) is 6.42 Å². The number of sulfone groups is 1. The summed E-state index contributed by atoms with van der Waals surface area (Å²) < 4.78 is 25.7. The van der Waals surface area contributed by atoms with Gasteiger partial charge in [-0.25, -0.2) is 8.42 Å². The van der Waals surface area contributed by atoms with Gasteiger partial charge in [0.15, 0.2) is 9.84 Å². The Balaban J connectivity index is 2.55. The predicted molar refractivity (Wildman–Crippen MR) is 93.4 cm³/mol. The average Bonchev–Trinajstić information content (AvgIpc) is 2.49. The van der Waals surface area contributed by atoms with E-state index in [1.54, 1.807) is 48.5 Å². The fraction of sp³-hybridized carbons (Fsp3) is 0.294. The first-order chi connectivity index (χ1) is 10.5. The molecule has 1 atom stereocenters. The Morgan fingerprint density at radius 2 is 1.64 bits per heavy atom. The molecule has 0 aliphatic rings. The van der Waals surface area contributed by atoms with Crippen LogP contribution in [-0.2, 0) is 9.84 Å². The minimum Gasteiger partial charge on any atom is -0.228 e. The van der Waals surface area contributed by atoms with Crippen molar-refractivity contribution in [3.63, 3.8) is 0 Å². The van der Waals surface area contributed by atoms with Crippen molar-refractivity contribution in [1.82, 2.24) is 0 Å². The van der Waals surface area contributed by atoms with Gasteiger partial charge in [0, 0.05) is 10.0 Å². The van der Waals surface area contributed by atoms with Gasteiger partial charge in [-0.3, -0.25) is 0 Å². The van der Waals surface area contributed by atoms with Crippen molar-refractivity contribution in [2.24, 2.45) is 0 Å². The summed E-state index contributed by atoms with van der Waals surface area (Å²) in [6.07, 6.45) is 1.46. The molecule has 1 unspecified atom stereocenters. The van der Waals surface area contributed by atoms with Gasteiger partial charge in [-0.05, 0) is 35.7 Å². The van der Waals surface area contributed by atoms with Crippen molar-refractivity contribution in [3.8, 4) is 0 Å². The predicted octanol–water partition coefficient (Wildman–Crippen LogP) is 5.30. The van der Waals surface area contributed by atoms with Crippen LogP contribution in [0.5, 0.6) is 0 Å². The van der Waals surface area contributed by atoms with Crippen LogP contribution in [0.1, 0.15) is 36.1 Å². The molecule has 0 spiro atoms. The van der Waals surface area contributed by atoms with Gasteiger partial charge in [0.1, 0.15) is 5.25 Å². The Hall–Kier alpha value is -1.03. The van der Waals surface area contributed by atoms with Crippen LogP contribution in [0.25, 0.3) is 0 Å². The first-order valence-corrected chi connectivity index (χ1v) is 9.64. The molecule has 2 nitrogen and oxygen atoms in total. The van der Waals surface area contributed by atoms with E-state index in [9.17, 15) is 8.42 Å². The van der Waals surface area contributed by atoms with Gasteiger partial charge in [0.2, 0.25) is 0 Å². The molecule has 0 aliphatic carbocycles. The molecule has 2 rings (SSSR count). The molecule has 0 heterocycles. The molecular weight excluding hydrogens is 339 g/mol. The molecule has 2 aromatic rings. The fourth-order valence-corrected chi connectivity index (χ4v) is 4.90. The minimum absolute atomic E-state index is 0.141. The number of hydrogen-bond donors (Lipinski definition) is 0. The summed E-state index contributed by atoms with van der Waals surface area (Å²) in [5, 5.41) is 0.278. The molecule has 5 heteroatoms. The smallest absolute Gasteiger partial charge is 0.161 e. The van der Waals surface area contributed by atoms with Crippen molar-refractivity contribution < 1.29 is 8.42 Å². The lowest BCUT2D eigenvalue weighted by molar-refractivity contribution is 0.585. The number of hydrogen-bond acceptors (Lipinski definition) is 2. The summed E-state index contributed by atoms with van der Waals surface area (Å²) in [5.41, 5.74) is 1.30. The maximum Gasteiger partial charge on any atom is 0.161 e. The van der Waals surface area contributed by atoms with E-state index in [1.165, 1.54) is 0 Å². The summed E-state index contributed by atoms with van der Waals surface area (Å²) in [6.45, 7) is 1.97. The zero-order chi connectivity index (χ0) is 16.2. The van der Waals surface area contributed by atoms with Crippen LogP contribution in [0.2, 0.25) is 10.0 Å². The van der Waals surface area contributed by atoms with Crippen LogP contribution >= 0.6 is 23.2 Å². The van der Waals surface area contributed by atoms with E-state index >= 15 is 0 Å². The molecular formula is C17H18Cl2O2S. The van der Waals surface area contributed by atoms with Gasteiger partial charge >= 0.3 is 0 Å². The summed E-state index contributed by atoms with van der Waals surface area (Å²) >= 11 is 12.2. The number of unbranched alkanes of at least 4 members (excludes halogenated alkanes) is 1. The molecule has 0 radical (unpaired) electrons. The maximum atomic E-state index is 12.8. The van der Waals surface area contributed by atoms with E-state index in [1.807, 2.05) is 6.92 Å². The van der Waals surface area contributed by atoms with Crippen LogP contribution in [0.3, 0.4) is 0 Å². The second kappa shape index (κ2) is 7.49. The van der Waals surface area contributed by atoms with Crippen LogP contribution in [0, 0.1) is 0 Å². The third kappa shape index (κ3) is 4.03. The lowest BCUT2D eigenvalue weighted by Gasteiger charge is -2.20. The highest BCUT2D eigenvalue weighted by Crippen LogP contribution is 2.35. The summed E-state index contributed by atoms with van der Waals surface area (Å²) in [6, 6.07) is 14.0. The topological polar surface area (TPSA) is 34.1 Å². The second-order valence-corrected chi connectivity index (χ2v) is 8.22. The van der Waals surface area contributed by atoms with Gasteiger partial charge in [0.05, 0.1) is 5.75 Å². The minimum atomic E-state index is -3.35. The van der Waals surface area contributed by atoms with Crippen molar-refractivity contribution in [2.75, 3.05) is 5.75 Å². The lowest BCUT2D eigenvalue weighted by atomic mass is 10.0. The summed E-state index contributed by atoms with van der Waals surface area (Å²) in [5.74, 6) is 0.141. The Kier molecular flexibility index (Phi) is 5.90. The number of rotatable bonds is 6. The molecule has 2 aromatic carbocycles. The Labute approximate surface area is 142 Å². The van der Waals surface area contributed by atoms with E-state index in [0.29, 0.717) is 27.6 Å². The van der Waals surface area contributed by atoms with Gasteiger partial charge in [-0.1, -0.05) is 66.9 Å². The largest absolute Gasteiger partial charge is 0.228 e. The highest BCUT2D eigenvalue weighted by Gasteiger charge is 2.30. The van der Waals surface area contributed by atoms with Gasteiger partial charge in [-0.2, -0.15) is 0 Å². The summed E-state index contributed by atoms with van der Waals surface area (Å²) in [7, 11) is -3.35. The molecule has 0 bridgehead atoms. The SMILES string of the molecule is CCCCS(=O)(=O)C(c1ccc(Cl)cc1)c1ccccc1Cl. The zero-order valence-corrected chi connectivity index (χ0v) is 14.6. The quantitative estimate of drug-likeness (QED) is 0.703. The summed E-state index contributed by atoms with van der Waals surface area (Å²) in [4.78, 5) is 0. The van der Waals surface area contributed by atoms with Crippen molar-refractivity contribution in [2.45, 2.75) is 25.0 Å². The van der Waals surface area contributed by atoms with Crippen LogP contribution in [0.15, 0.2) is 48.5 Å². The van der Waals surface area contributed by atoms with Crippen molar-refractivity contribution in [3.05, 3.63) is 69.7 Å². The lowest BCUT2D eigenvalue weighted by Crippen LogP contribution is -2.18. The normalized spacial score (nSPS) is 13.0. The second-order valence-electron chi connectivity index (χ2n) is 5.17. The highest BCUT2D eigenvalue weighted by atomic mass is 35.5. The van der Waals surface area contributed by atoms with Gasteiger partial charge in [0.25, 0.3) is 0 Å². The molecule has 0 fully saturated rings. The Morgan fingerprint density at radius 3 is 2.23 bits per heavy atom. The maximum absolute atomic E-state index is 12.8. The first-order valence-electron chi connectivity index (χ1n) is 7.17. The molecule has 0 amide bonds. The highest BCUT2D eigenvalue weighted by molar-refractivity contribution is 7.91. The Bertz CT molecular complexity index is 725. The van der Waals surface area contributed by atoms with Gasteiger partial charge in [-0.15, -0.1) is 0 Å².